The molecule has 5 rings (SSSR count). The SMILES string of the molecule is CN1CC[C@H](c2c(O)cc(O)c3c(=O)cc(-c4cnn(-c5ccccc5)c4C(F)(F)F)oc23)[C@H](O)C1.O=C(O)C(F)(F)F. The minimum Gasteiger partial charge on any atom is -0.507 e. The first-order chi connectivity index (χ1) is 20.0. The first kappa shape index (κ1) is 31.4. The normalized spacial score (nSPS) is 17.9. The predicted octanol–water partition coefficient (Wildman–Crippen LogP) is 4.49. The lowest BCUT2D eigenvalue weighted by atomic mass is 9.85. The molecule has 0 spiro atoms. The maximum atomic E-state index is 14.2. The number of phenolic OH excluding ortho intramolecular Hbond substituents is 2. The van der Waals surface area contributed by atoms with E-state index >= 15 is 0 Å². The molecule has 0 amide bonds. The number of carboxylic acids is 1. The maximum Gasteiger partial charge on any atom is 0.490 e. The van der Waals surface area contributed by atoms with E-state index in [-0.39, 0.29) is 28.8 Å². The third-order valence-corrected chi connectivity index (χ3v) is 6.70. The quantitative estimate of drug-likeness (QED) is 0.245. The van der Waals surface area contributed by atoms with Crippen molar-refractivity contribution in [3.05, 3.63) is 70.1 Å². The Hall–Kier alpha value is -4.57. The average Bonchev–Trinajstić information content (AvgIpc) is 3.36. The molecule has 1 aliphatic heterocycles. The number of phenols is 2. The van der Waals surface area contributed by atoms with Gasteiger partial charge in [0.25, 0.3) is 0 Å². The van der Waals surface area contributed by atoms with Crippen LogP contribution in [0.25, 0.3) is 28.0 Å². The van der Waals surface area contributed by atoms with E-state index < -0.39 is 64.3 Å². The van der Waals surface area contributed by atoms with E-state index in [0.717, 1.165) is 18.3 Å². The topological polar surface area (TPSA) is 149 Å². The summed E-state index contributed by atoms with van der Waals surface area (Å²) in [6.07, 6.45) is -9.54. The molecule has 1 aliphatic rings. The summed E-state index contributed by atoms with van der Waals surface area (Å²) in [5, 5.41) is 42.5. The molecule has 2 atom stereocenters. The number of hydrogen-bond acceptors (Lipinski definition) is 8. The number of piperidine rings is 1. The van der Waals surface area contributed by atoms with Gasteiger partial charge < -0.3 is 29.7 Å². The van der Waals surface area contributed by atoms with Crippen molar-refractivity contribution in [1.82, 2.24) is 14.7 Å². The minimum atomic E-state index is -5.08. The number of nitrogens with zero attached hydrogens (tertiary/aromatic N) is 3. The molecule has 4 N–H and O–H groups in total. The number of likely N-dealkylation sites (N-methyl/N-ethyl adjacent to an activating group) is 1. The van der Waals surface area contributed by atoms with Crippen LogP contribution < -0.4 is 5.43 Å². The number of carboxylic acid groups (broad SMARTS) is 1. The summed E-state index contributed by atoms with van der Waals surface area (Å²) in [6.45, 7) is 0.841. The molecule has 10 nitrogen and oxygen atoms in total. The van der Waals surface area contributed by atoms with Crippen LogP contribution >= 0.6 is 0 Å². The van der Waals surface area contributed by atoms with Gasteiger partial charge in [-0.2, -0.15) is 31.4 Å². The minimum absolute atomic E-state index is 0.0614. The van der Waals surface area contributed by atoms with Crippen LogP contribution in [0, 0.1) is 0 Å². The second-order valence-electron chi connectivity index (χ2n) is 9.69. The Morgan fingerprint density at radius 3 is 2.23 bits per heavy atom. The molecule has 43 heavy (non-hydrogen) atoms. The van der Waals surface area contributed by atoms with Gasteiger partial charge in [0, 0.05) is 30.2 Å². The Morgan fingerprint density at radius 2 is 1.67 bits per heavy atom. The zero-order valence-electron chi connectivity index (χ0n) is 22.0. The summed E-state index contributed by atoms with van der Waals surface area (Å²) < 4.78 is 80.9. The Bertz CT molecular complexity index is 1700. The highest BCUT2D eigenvalue weighted by atomic mass is 19.4. The number of halogens is 6. The van der Waals surface area contributed by atoms with Gasteiger partial charge in [-0.25, -0.2) is 9.48 Å². The number of para-hydroxylation sites is 1. The molecule has 3 heterocycles. The largest absolute Gasteiger partial charge is 0.507 e. The molecular weight excluding hydrogens is 592 g/mol. The van der Waals surface area contributed by atoms with Crippen molar-refractivity contribution >= 4 is 16.9 Å². The zero-order valence-corrected chi connectivity index (χ0v) is 22.0. The second kappa shape index (κ2) is 11.6. The number of aromatic hydroxyl groups is 2. The fourth-order valence-corrected chi connectivity index (χ4v) is 4.81. The lowest BCUT2D eigenvalue weighted by Crippen LogP contribution is -2.40. The molecule has 230 valence electrons. The predicted molar refractivity (Wildman–Crippen MR) is 138 cm³/mol. The van der Waals surface area contributed by atoms with E-state index in [1.54, 1.807) is 18.2 Å². The van der Waals surface area contributed by atoms with E-state index in [0.29, 0.717) is 17.6 Å². The number of aliphatic hydroxyl groups excluding tert-OH is 1. The van der Waals surface area contributed by atoms with Crippen molar-refractivity contribution in [3.63, 3.8) is 0 Å². The number of β-amino-alcohol motifs (C(OH)–C–C–N with tert-alkyl or cyclic N) is 1. The molecule has 0 aliphatic carbocycles. The number of likely N-dealkylation sites (tertiary alicyclic amines) is 1. The number of aliphatic hydroxyl groups is 1. The number of carbonyl (C=O) groups is 1. The maximum absolute atomic E-state index is 14.2. The van der Waals surface area contributed by atoms with Gasteiger partial charge in [0.2, 0.25) is 0 Å². The van der Waals surface area contributed by atoms with Crippen LogP contribution in [-0.4, -0.2) is 73.5 Å². The molecular formula is C27H23F6N3O7. The summed E-state index contributed by atoms with van der Waals surface area (Å²) >= 11 is 0. The Morgan fingerprint density at radius 1 is 1.05 bits per heavy atom. The molecule has 16 heteroatoms. The molecule has 1 saturated heterocycles. The Balaban J connectivity index is 0.000000541. The molecule has 2 aromatic heterocycles. The van der Waals surface area contributed by atoms with Gasteiger partial charge in [0.05, 0.1) is 23.6 Å². The highest BCUT2D eigenvalue weighted by Crippen LogP contribution is 2.44. The molecule has 2 aromatic carbocycles. The molecule has 4 aromatic rings. The lowest BCUT2D eigenvalue weighted by Gasteiger charge is -2.34. The summed E-state index contributed by atoms with van der Waals surface area (Å²) in [4.78, 5) is 23.8. The molecule has 0 saturated carbocycles. The van der Waals surface area contributed by atoms with Crippen molar-refractivity contribution in [2.24, 2.45) is 0 Å². The first-order valence-corrected chi connectivity index (χ1v) is 12.4. The van der Waals surface area contributed by atoms with E-state index in [2.05, 4.69) is 5.10 Å². The highest BCUT2D eigenvalue weighted by molar-refractivity contribution is 5.90. The van der Waals surface area contributed by atoms with Crippen molar-refractivity contribution in [2.45, 2.75) is 30.8 Å². The van der Waals surface area contributed by atoms with E-state index in [4.69, 9.17) is 14.3 Å². The summed E-state index contributed by atoms with van der Waals surface area (Å²) in [5.74, 6) is -4.87. The second-order valence-corrected chi connectivity index (χ2v) is 9.69. The lowest BCUT2D eigenvalue weighted by molar-refractivity contribution is -0.192. The van der Waals surface area contributed by atoms with E-state index in [1.807, 2.05) is 11.9 Å². The summed E-state index contributed by atoms with van der Waals surface area (Å²) in [5.41, 5.74) is -2.49. The highest BCUT2D eigenvalue weighted by Gasteiger charge is 2.41. The van der Waals surface area contributed by atoms with Crippen LogP contribution in [0.2, 0.25) is 0 Å². The van der Waals surface area contributed by atoms with Gasteiger partial charge in [-0.15, -0.1) is 0 Å². The number of alkyl halides is 6. The van der Waals surface area contributed by atoms with Crippen LogP contribution in [0.4, 0.5) is 26.3 Å². The number of hydrogen-bond donors (Lipinski definition) is 4. The van der Waals surface area contributed by atoms with Gasteiger partial charge in [-0.3, -0.25) is 4.79 Å². The number of rotatable bonds is 3. The average molecular weight is 615 g/mol. The van der Waals surface area contributed by atoms with Crippen molar-refractivity contribution in [2.75, 3.05) is 20.1 Å². The van der Waals surface area contributed by atoms with Gasteiger partial charge in [-0.05, 0) is 32.1 Å². The van der Waals surface area contributed by atoms with Crippen LogP contribution in [0.15, 0.2) is 57.9 Å². The third-order valence-electron chi connectivity index (χ3n) is 6.70. The van der Waals surface area contributed by atoms with Gasteiger partial charge in [-0.1, -0.05) is 18.2 Å². The number of benzene rings is 2. The standard InChI is InChI=1S/C25H22F3N3O5.C2HF3O2/c1-30-8-7-14(19(35)12-30)21-16(32)9-17(33)22-18(34)10-20(36-23(21)22)15-11-29-31(24(15)25(26,27)28)13-5-3-2-4-6-13;3-2(4,5)1(6)7/h2-6,9-11,14,19,32-33,35H,7-8,12H2,1H3;(H,6,7)/t14-,19+;/m0./s1. The summed E-state index contributed by atoms with van der Waals surface area (Å²) in [6, 6.07) is 9.54. The van der Waals surface area contributed by atoms with Gasteiger partial charge in [0.15, 0.2) is 11.1 Å². The Kier molecular flexibility index (Phi) is 8.46. The fraction of sp³-hybridized carbons (Fsp3) is 0.296. The van der Waals surface area contributed by atoms with E-state index in [1.165, 1.54) is 12.1 Å². The van der Waals surface area contributed by atoms with Crippen molar-refractivity contribution < 1.29 is 56.0 Å². The molecule has 0 bridgehead atoms. The van der Waals surface area contributed by atoms with Crippen molar-refractivity contribution in [3.8, 4) is 28.5 Å². The number of fused-ring (bicyclic) bond motifs is 1. The van der Waals surface area contributed by atoms with Gasteiger partial charge >= 0.3 is 18.3 Å². The number of aliphatic carboxylic acids is 1. The van der Waals surface area contributed by atoms with Crippen LogP contribution in [-0.2, 0) is 11.0 Å². The molecule has 0 radical (unpaired) electrons. The third kappa shape index (κ3) is 6.44. The zero-order chi connectivity index (χ0) is 31.9. The number of aromatic nitrogens is 2. The smallest absolute Gasteiger partial charge is 0.490 e. The summed E-state index contributed by atoms with van der Waals surface area (Å²) in [7, 11) is 1.81. The molecule has 0 unspecified atom stereocenters. The van der Waals surface area contributed by atoms with E-state index in [9.17, 15) is 46.5 Å². The van der Waals surface area contributed by atoms with Gasteiger partial charge in [0.1, 0.15) is 28.2 Å². The van der Waals surface area contributed by atoms with Crippen LogP contribution in [0.3, 0.4) is 0 Å². The fourth-order valence-electron chi connectivity index (χ4n) is 4.81. The molecule has 1 fully saturated rings. The first-order valence-electron chi connectivity index (χ1n) is 12.4. The van der Waals surface area contributed by atoms with Crippen LogP contribution in [0.5, 0.6) is 11.5 Å². The monoisotopic (exact) mass is 615 g/mol. The van der Waals surface area contributed by atoms with Crippen LogP contribution in [0.1, 0.15) is 23.6 Å². The Labute approximate surface area is 237 Å². The van der Waals surface area contributed by atoms with Crippen molar-refractivity contribution in [1.29, 1.82) is 0 Å².